The molecular formula is C19H12N6O3S. The van der Waals surface area contributed by atoms with E-state index in [1.165, 1.54) is 9.58 Å². The topological polar surface area (TPSA) is 102 Å². The van der Waals surface area contributed by atoms with Crippen molar-refractivity contribution in [2.24, 2.45) is 5.10 Å². The second-order valence-corrected chi connectivity index (χ2v) is 7.19. The molecule has 0 N–H and O–H groups in total. The van der Waals surface area contributed by atoms with Crippen LogP contribution in [0.1, 0.15) is 5.82 Å². The lowest BCUT2D eigenvalue weighted by Crippen LogP contribution is -2.31. The number of carbonyl (C=O) groups is 2. The summed E-state index contributed by atoms with van der Waals surface area (Å²) in [6.07, 6.45) is 0. The van der Waals surface area contributed by atoms with Crippen molar-refractivity contribution in [3.63, 3.8) is 0 Å². The number of fused-ring (bicyclic) bond motifs is 2. The van der Waals surface area contributed by atoms with Crippen LogP contribution in [-0.2, 0) is 9.59 Å². The van der Waals surface area contributed by atoms with Crippen molar-refractivity contribution >= 4 is 50.3 Å². The summed E-state index contributed by atoms with van der Waals surface area (Å²) in [6.45, 7) is 1.67. The van der Waals surface area contributed by atoms with Gasteiger partial charge in [-0.15, -0.1) is 10.2 Å². The van der Waals surface area contributed by atoms with Gasteiger partial charge in [0.05, 0.1) is 16.6 Å². The normalized spacial score (nSPS) is 15.9. The van der Waals surface area contributed by atoms with Gasteiger partial charge in [-0.25, -0.2) is 9.88 Å². The van der Waals surface area contributed by atoms with E-state index >= 15 is 0 Å². The summed E-state index contributed by atoms with van der Waals surface area (Å²) >= 11 is 0.724. The Balaban J connectivity index is 1.74. The molecule has 1 saturated heterocycles. The minimum Gasteiger partial charge on any atom is -0.275 e. The Morgan fingerprint density at radius 2 is 1.69 bits per heavy atom. The first-order valence-electron chi connectivity index (χ1n) is 8.62. The molecule has 5 rings (SSSR count). The molecule has 10 heteroatoms. The van der Waals surface area contributed by atoms with E-state index in [-0.39, 0.29) is 16.5 Å². The van der Waals surface area contributed by atoms with Crippen molar-refractivity contribution < 1.29 is 9.59 Å². The zero-order chi connectivity index (χ0) is 20.1. The summed E-state index contributed by atoms with van der Waals surface area (Å²) in [5.41, 5.74) is 0.705. The number of thioether (sulfide) groups is 1. The number of hydrogen-bond acceptors (Lipinski definition) is 7. The summed E-state index contributed by atoms with van der Waals surface area (Å²) in [4.78, 5) is 43.0. The summed E-state index contributed by atoms with van der Waals surface area (Å²) in [7, 11) is 0. The molecule has 0 bridgehead atoms. The van der Waals surface area contributed by atoms with Gasteiger partial charge >= 0.3 is 5.91 Å². The average Bonchev–Trinajstić information content (AvgIpc) is 3.19. The van der Waals surface area contributed by atoms with E-state index in [0.29, 0.717) is 22.4 Å². The minimum absolute atomic E-state index is 0.164. The van der Waals surface area contributed by atoms with E-state index in [1.54, 1.807) is 55.5 Å². The third-order valence-electron chi connectivity index (χ3n) is 4.43. The molecule has 29 heavy (non-hydrogen) atoms. The lowest BCUT2D eigenvalue weighted by Gasteiger charge is -2.14. The van der Waals surface area contributed by atoms with Crippen molar-refractivity contribution in [3.05, 3.63) is 70.8 Å². The SMILES string of the molecule is Cc1nn2c(=O)c3ccccc3nc2n1/N=C1\SC(=O)C(=O)N1c1ccccc1. The molecule has 0 unspecified atom stereocenters. The van der Waals surface area contributed by atoms with Gasteiger partial charge in [0.1, 0.15) is 0 Å². The Kier molecular flexibility index (Phi) is 3.81. The third kappa shape index (κ3) is 2.64. The van der Waals surface area contributed by atoms with E-state index in [4.69, 9.17) is 0 Å². The van der Waals surface area contributed by atoms with Gasteiger partial charge in [0.15, 0.2) is 5.82 Å². The number of para-hydroxylation sites is 2. The van der Waals surface area contributed by atoms with Crippen molar-refractivity contribution in [2.75, 3.05) is 4.90 Å². The highest BCUT2D eigenvalue weighted by atomic mass is 32.2. The molecule has 0 atom stereocenters. The third-order valence-corrected chi connectivity index (χ3v) is 5.24. The van der Waals surface area contributed by atoms with Gasteiger partial charge in [-0.1, -0.05) is 30.3 Å². The maximum atomic E-state index is 12.8. The highest BCUT2D eigenvalue weighted by molar-refractivity contribution is 8.29. The number of nitrogens with zero attached hydrogens (tertiary/aromatic N) is 6. The largest absolute Gasteiger partial charge is 0.312 e. The van der Waals surface area contributed by atoms with E-state index in [9.17, 15) is 14.4 Å². The highest BCUT2D eigenvalue weighted by Crippen LogP contribution is 2.28. The van der Waals surface area contributed by atoms with Crippen LogP contribution in [0.25, 0.3) is 16.7 Å². The molecule has 4 aromatic rings. The van der Waals surface area contributed by atoms with E-state index in [1.807, 2.05) is 6.07 Å². The predicted octanol–water partition coefficient (Wildman–Crippen LogP) is 1.78. The summed E-state index contributed by atoms with van der Waals surface area (Å²) < 4.78 is 2.52. The molecule has 1 amide bonds. The maximum absolute atomic E-state index is 12.8. The number of aromatic nitrogens is 4. The Morgan fingerprint density at radius 3 is 2.48 bits per heavy atom. The first-order chi connectivity index (χ1) is 14.0. The smallest absolute Gasteiger partial charge is 0.275 e. The molecule has 0 aliphatic carbocycles. The van der Waals surface area contributed by atoms with Crippen LogP contribution in [0, 0.1) is 6.92 Å². The fraction of sp³-hybridized carbons (Fsp3) is 0.0526. The number of carbonyl (C=O) groups excluding carboxylic acids is 2. The second-order valence-electron chi connectivity index (χ2n) is 6.25. The standard InChI is InChI=1S/C19H12N6O3S/c1-11-21-25-15(26)13-9-5-6-10-14(13)20-18(25)24(11)22-19-23(16(27)17(28)29-19)12-7-3-2-4-8-12/h2-10H,1H3/b22-19-. The fourth-order valence-electron chi connectivity index (χ4n) is 3.09. The van der Waals surface area contributed by atoms with Gasteiger partial charge in [-0.05, 0) is 43.0 Å². The number of hydrogen-bond donors (Lipinski definition) is 0. The molecule has 0 radical (unpaired) electrons. The molecule has 1 aliphatic heterocycles. The Labute approximate surface area is 167 Å². The Bertz CT molecular complexity index is 1410. The van der Waals surface area contributed by atoms with Gasteiger partial charge in [0, 0.05) is 0 Å². The van der Waals surface area contributed by atoms with Gasteiger partial charge < -0.3 is 0 Å². The molecule has 2 aromatic carbocycles. The van der Waals surface area contributed by atoms with Crippen LogP contribution >= 0.6 is 11.8 Å². The molecular weight excluding hydrogens is 392 g/mol. The Morgan fingerprint density at radius 1 is 0.966 bits per heavy atom. The van der Waals surface area contributed by atoms with E-state index < -0.39 is 11.0 Å². The number of anilines is 1. The molecule has 142 valence electrons. The maximum Gasteiger partial charge on any atom is 0.312 e. The highest BCUT2D eigenvalue weighted by Gasteiger charge is 2.38. The first kappa shape index (κ1) is 17.3. The average molecular weight is 404 g/mol. The molecule has 0 spiro atoms. The monoisotopic (exact) mass is 404 g/mol. The van der Waals surface area contributed by atoms with Crippen molar-refractivity contribution in [3.8, 4) is 0 Å². The van der Waals surface area contributed by atoms with Crippen molar-refractivity contribution in [1.82, 2.24) is 19.3 Å². The van der Waals surface area contributed by atoms with Crippen LogP contribution in [0.3, 0.4) is 0 Å². The summed E-state index contributed by atoms with van der Waals surface area (Å²) in [5, 5.41) is 8.66. The van der Waals surface area contributed by atoms with Crippen LogP contribution in [0.15, 0.2) is 64.5 Å². The number of amidine groups is 1. The predicted molar refractivity (Wildman–Crippen MR) is 109 cm³/mol. The van der Waals surface area contributed by atoms with Crippen LogP contribution in [0.4, 0.5) is 5.69 Å². The lowest BCUT2D eigenvalue weighted by atomic mass is 10.2. The van der Waals surface area contributed by atoms with E-state index in [2.05, 4.69) is 15.2 Å². The van der Waals surface area contributed by atoms with Crippen LogP contribution < -0.4 is 10.5 Å². The number of aryl methyl sites for hydroxylation is 1. The molecule has 0 saturated carbocycles. The zero-order valence-electron chi connectivity index (χ0n) is 15.0. The van der Waals surface area contributed by atoms with Crippen LogP contribution in [0.5, 0.6) is 0 Å². The van der Waals surface area contributed by atoms with Crippen molar-refractivity contribution in [1.29, 1.82) is 0 Å². The summed E-state index contributed by atoms with van der Waals surface area (Å²) in [5.74, 6) is -0.102. The number of benzene rings is 2. The Hall–Kier alpha value is -3.79. The zero-order valence-corrected chi connectivity index (χ0v) is 15.8. The molecule has 3 heterocycles. The summed E-state index contributed by atoms with van der Waals surface area (Å²) in [6, 6.07) is 15.7. The number of amides is 1. The first-order valence-corrected chi connectivity index (χ1v) is 9.43. The van der Waals surface area contributed by atoms with Crippen LogP contribution in [0.2, 0.25) is 0 Å². The molecule has 2 aromatic heterocycles. The van der Waals surface area contributed by atoms with E-state index in [0.717, 1.165) is 16.3 Å². The molecule has 1 aliphatic rings. The second kappa shape index (κ2) is 6.38. The van der Waals surface area contributed by atoms with Crippen LogP contribution in [-0.4, -0.2) is 35.5 Å². The van der Waals surface area contributed by atoms with Gasteiger partial charge in [0.2, 0.25) is 5.17 Å². The van der Waals surface area contributed by atoms with Gasteiger partial charge in [-0.2, -0.15) is 9.19 Å². The fourth-order valence-corrected chi connectivity index (χ4v) is 3.84. The molecule has 9 nitrogen and oxygen atoms in total. The minimum atomic E-state index is -0.683. The lowest BCUT2D eigenvalue weighted by molar-refractivity contribution is -0.130. The quantitative estimate of drug-likeness (QED) is 0.472. The number of rotatable bonds is 2. The van der Waals surface area contributed by atoms with Gasteiger partial charge in [-0.3, -0.25) is 14.4 Å². The van der Waals surface area contributed by atoms with Gasteiger partial charge in [0.25, 0.3) is 16.5 Å². The van der Waals surface area contributed by atoms with Crippen molar-refractivity contribution in [2.45, 2.75) is 6.92 Å². The molecule has 1 fully saturated rings.